The number of aliphatic hydroxyl groups excluding tert-OH is 1. The summed E-state index contributed by atoms with van der Waals surface area (Å²) in [7, 11) is -2.81. The van der Waals surface area contributed by atoms with E-state index in [0.29, 0.717) is 31.5 Å². The SMILES string of the molecule is CC(C)=CCC/C(C)=C/CN1C(=O)[C@]2(O[C@H](CCO)[C@@H]([Si](C)(C)O)[C@@H]2C)c2cc(N3C(=O)CCc4ccccc43)ccc21. The zero-order valence-corrected chi connectivity index (χ0v) is 27.4. The minimum Gasteiger partial charge on any atom is -0.432 e. The third-order valence-corrected chi connectivity index (χ3v) is 11.9. The van der Waals surface area contributed by atoms with Crippen molar-refractivity contribution in [2.75, 3.05) is 23.0 Å². The van der Waals surface area contributed by atoms with Crippen molar-refractivity contribution in [2.45, 2.75) is 90.1 Å². The molecule has 1 spiro atoms. The number of fused-ring (bicyclic) bond motifs is 3. The van der Waals surface area contributed by atoms with Gasteiger partial charge in [0.05, 0.1) is 17.5 Å². The molecule has 2 aromatic carbocycles. The fraction of sp³-hybridized carbons (Fsp3) is 0.486. The Labute approximate surface area is 257 Å². The average Bonchev–Trinajstić information content (AvgIpc) is 3.37. The number of para-hydroxylation sites is 1. The summed E-state index contributed by atoms with van der Waals surface area (Å²) in [4.78, 5) is 43.0. The van der Waals surface area contributed by atoms with Crippen molar-refractivity contribution in [3.8, 4) is 0 Å². The number of aryl methyl sites for hydroxylation is 1. The van der Waals surface area contributed by atoms with Crippen LogP contribution in [0.3, 0.4) is 0 Å². The van der Waals surface area contributed by atoms with E-state index in [1.54, 1.807) is 9.80 Å². The molecule has 43 heavy (non-hydrogen) atoms. The van der Waals surface area contributed by atoms with E-state index in [9.17, 15) is 19.5 Å². The van der Waals surface area contributed by atoms with Gasteiger partial charge in [0.25, 0.3) is 5.91 Å². The number of ether oxygens (including phenoxy) is 1. The van der Waals surface area contributed by atoms with Crippen LogP contribution in [-0.4, -0.2) is 49.3 Å². The summed E-state index contributed by atoms with van der Waals surface area (Å²) in [6.07, 6.45) is 7.22. The lowest BCUT2D eigenvalue weighted by Gasteiger charge is -2.33. The van der Waals surface area contributed by atoms with Gasteiger partial charge in [-0.25, -0.2) is 0 Å². The molecule has 230 valence electrons. The van der Waals surface area contributed by atoms with Crippen molar-refractivity contribution in [1.82, 2.24) is 0 Å². The van der Waals surface area contributed by atoms with E-state index in [1.807, 2.05) is 56.4 Å². The molecular weight excluding hydrogens is 556 g/mol. The number of hydrogen-bond donors (Lipinski definition) is 2. The molecule has 3 aliphatic heterocycles. The summed E-state index contributed by atoms with van der Waals surface area (Å²) in [5.41, 5.74) is 5.12. The van der Waals surface area contributed by atoms with Crippen LogP contribution in [0.15, 0.2) is 65.8 Å². The number of rotatable bonds is 9. The Morgan fingerprint density at radius 3 is 2.51 bits per heavy atom. The lowest BCUT2D eigenvalue weighted by molar-refractivity contribution is -0.146. The maximum atomic E-state index is 14.6. The summed E-state index contributed by atoms with van der Waals surface area (Å²) < 4.78 is 6.80. The molecule has 8 heteroatoms. The molecule has 2 aromatic rings. The van der Waals surface area contributed by atoms with Crippen molar-refractivity contribution in [2.24, 2.45) is 5.92 Å². The molecule has 2 amide bonds. The zero-order valence-electron chi connectivity index (χ0n) is 26.4. The van der Waals surface area contributed by atoms with E-state index in [4.69, 9.17) is 4.74 Å². The number of anilines is 3. The topological polar surface area (TPSA) is 90.3 Å². The van der Waals surface area contributed by atoms with Gasteiger partial charge in [-0.1, -0.05) is 48.4 Å². The molecule has 0 aliphatic carbocycles. The number of nitrogens with zero attached hydrogens (tertiary/aromatic N) is 2. The molecule has 4 atom stereocenters. The van der Waals surface area contributed by atoms with Crippen molar-refractivity contribution in [1.29, 1.82) is 0 Å². The summed E-state index contributed by atoms with van der Waals surface area (Å²) in [5.74, 6) is -0.451. The smallest absolute Gasteiger partial charge is 0.264 e. The van der Waals surface area contributed by atoms with Crippen LogP contribution in [0.2, 0.25) is 18.6 Å². The predicted octanol–water partition coefficient (Wildman–Crippen LogP) is 6.52. The van der Waals surface area contributed by atoms with Gasteiger partial charge >= 0.3 is 0 Å². The van der Waals surface area contributed by atoms with Gasteiger partial charge in [0, 0.05) is 42.3 Å². The molecule has 1 fully saturated rings. The Hall–Kier alpha value is -3.04. The Balaban J connectivity index is 1.61. The van der Waals surface area contributed by atoms with Crippen LogP contribution < -0.4 is 9.80 Å². The molecule has 0 unspecified atom stereocenters. The summed E-state index contributed by atoms with van der Waals surface area (Å²) in [6.45, 7) is 12.4. The van der Waals surface area contributed by atoms with E-state index in [2.05, 4.69) is 39.0 Å². The molecule has 1 saturated heterocycles. The summed E-state index contributed by atoms with van der Waals surface area (Å²) in [6, 6.07) is 13.8. The molecule has 0 radical (unpaired) electrons. The quantitative estimate of drug-likeness (QED) is 0.252. The van der Waals surface area contributed by atoms with Crippen LogP contribution in [0.5, 0.6) is 0 Å². The van der Waals surface area contributed by atoms with Gasteiger partial charge in [0.1, 0.15) is 0 Å². The van der Waals surface area contributed by atoms with E-state index in [0.717, 1.165) is 35.3 Å². The first-order valence-electron chi connectivity index (χ1n) is 15.6. The number of carbonyl (C=O) groups excluding carboxylic acids is 2. The van der Waals surface area contributed by atoms with Gasteiger partial charge in [-0.3, -0.25) is 14.5 Å². The largest absolute Gasteiger partial charge is 0.432 e. The number of aliphatic hydroxyl groups is 1. The highest BCUT2D eigenvalue weighted by Crippen LogP contribution is 2.60. The summed E-state index contributed by atoms with van der Waals surface area (Å²) in [5, 5.41) is 9.93. The van der Waals surface area contributed by atoms with Gasteiger partial charge in [0.2, 0.25) is 5.91 Å². The van der Waals surface area contributed by atoms with Crippen LogP contribution in [0.4, 0.5) is 17.1 Å². The molecule has 3 aliphatic rings. The molecule has 0 saturated carbocycles. The van der Waals surface area contributed by atoms with E-state index in [1.165, 1.54) is 11.1 Å². The van der Waals surface area contributed by atoms with Gasteiger partial charge in [-0.05, 0) is 89.4 Å². The van der Waals surface area contributed by atoms with Crippen LogP contribution in [0.25, 0.3) is 0 Å². The van der Waals surface area contributed by atoms with Gasteiger partial charge in [-0.2, -0.15) is 0 Å². The standard InChI is InChI=1S/C35H46N2O5Si/c1-23(2)10-9-11-24(3)18-20-36-30-16-15-27(37-29-13-8-7-12-26(29)14-17-32(37)39)22-28(30)35(34(36)40)25(4)33(43(5,6)41)31(42-35)19-21-38/h7-8,10,12-13,15-16,18,22,25,31,33,38,41H,9,11,14,17,19-21H2,1-6H3/b24-18+/t25-,31+,33-,35+/m0/s1. The highest BCUT2D eigenvalue weighted by molar-refractivity contribution is 6.71. The third-order valence-electron chi connectivity index (χ3n) is 9.44. The lowest BCUT2D eigenvalue weighted by atomic mass is 9.82. The summed E-state index contributed by atoms with van der Waals surface area (Å²) >= 11 is 0. The Kier molecular flexibility index (Phi) is 8.87. The number of allylic oxidation sites excluding steroid dienone is 3. The second kappa shape index (κ2) is 12.2. The first kappa shape index (κ1) is 31.4. The maximum Gasteiger partial charge on any atom is 0.264 e. The fourth-order valence-electron chi connectivity index (χ4n) is 7.43. The second-order valence-electron chi connectivity index (χ2n) is 13.2. The first-order chi connectivity index (χ1) is 20.4. The molecular formula is C35H46N2O5Si. The lowest BCUT2D eigenvalue weighted by Crippen LogP contribution is -2.46. The zero-order chi connectivity index (χ0) is 31.1. The first-order valence-corrected chi connectivity index (χ1v) is 18.6. The number of amides is 2. The van der Waals surface area contributed by atoms with E-state index < -0.39 is 20.0 Å². The monoisotopic (exact) mass is 602 g/mol. The minimum atomic E-state index is -2.81. The molecule has 2 N–H and O–H groups in total. The minimum absolute atomic E-state index is 0.0177. The Morgan fingerprint density at radius 1 is 1.07 bits per heavy atom. The highest BCUT2D eigenvalue weighted by Gasteiger charge is 2.66. The highest BCUT2D eigenvalue weighted by atomic mass is 28.4. The van der Waals surface area contributed by atoms with E-state index >= 15 is 0 Å². The van der Waals surface area contributed by atoms with Crippen molar-refractivity contribution in [3.05, 3.63) is 76.9 Å². The number of hydrogen-bond acceptors (Lipinski definition) is 5. The Morgan fingerprint density at radius 2 is 1.81 bits per heavy atom. The Bertz CT molecular complexity index is 1460. The molecule has 0 aromatic heterocycles. The van der Waals surface area contributed by atoms with Crippen molar-refractivity contribution >= 4 is 37.2 Å². The fourth-order valence-corrected chi connectivity index (χ4v) is 10.0. The van der Waals surface area contributed by atoms with Gasteiger partial charge in [-0.15, -0.1) is 0 Å². The molecule has 7 nitrogen and oxygen atoms in total. The third kappa shape index (κ3) is 5.66. The average molecular weight is 603 g/mol. The predicted molar refractivity (Wildman–Crippen MR) is 174 cm³/mol. The van der Waals surface area contributed by atoms with Gasteiger partial charge in [0.15, 0.2) is 13.9 Å². The van der Waals surface area contributed by atoms with Crippen LogP contribution in [0.1, 0.15) is 64.5 Å². The normalized spacial score (nSPS) is 25.4. The van der Waals surface area contributed by atoms with Gasteiger partial charge < -0.3 is 19.5 Å². The van der Waals surface area contributed by atoms with Crippen molar-refractivity contribution < 1.29 is 24.2 Å². The van der Waals surface area contributed by atoms with Crippen LogP contribution in [-0.2, 0) is 26.3 Å². The molecule has 3 heterocycles. The van der Waals surface area contributed by atoms with Crippen LogP contribution in [0, 0.1) is 5.92 Å². The van der Waals surface area contributed by atoms with Crippen molar-refractivity contribution in [3.63, 3.8) is 0 Å². The maximum absolute atomic E-state index is 14.6. The van der Waals surface area contributed by atoms with Crippen LogP contribution >= 0.6 is 0 Å². The number of benzene rings is 2. The van der Waals surface area contributed by atoms with E-state index in [-0.39, 0.29) is 29.9 Å². The molecule has 5 rings (SSSR count). The second-order valence-corrected chi connectivity index (χ2v) is 17.2. The number of carbonyl (C=O) groups is 2. The molecule has 0 bridgehead atoms.